The van der Waals surface area contributed by atoms with Gasteiger partial charge in [0, 0.05) is 18.8 Å². The van der Waals surface area contributed by atoms with Gasteiger partial charge in [-0.25, -0.2) is 4.79 Å². The van der Waals surface area contributed by atoms with Crippen molar-refractivity contribution in [3.05, 3.63) is 24.3 Å². The number of urea groups is 1. The third-order valence-corrected chi connectivity index (χ3v) is 2.96. The first-order valence-corrected chi connectivity index (χ1v) is 6.60. The lowest BCUT2D eigenvalue weighted by atomic mass is 10.3. The lowest BCUT2D eigenvalue weighted by Gasteiger charge is -2.18. The third-order valence-electron chi connectivity index (χ3n) is 2.96. The summed E-state index contributed by atoms with van der Waals surface area (Å²) < 4.78 is 5.06. The number of nitrogens with one attached hydrogen (secondary N) is 2. The van der Waals surface area contributed by atoms with Gasteiger partial charge in [-0.2, -0.15) is 0 Å². The first-order chi connectivity index (χ1) is 9.19. The molecule has 0 aliphatic heterocycles. The lowest BCUT2D eigenvalue weighted by molar-refractivity contribution is 0.248. The van der Waals surface area contributed by atoms with Gasteiger partial charge in [0.1, 0.15) is 5.75 Å². The summed E-state index contributed by atoms with van der Waals surface area (Å²) in [7, 11) is 1.61. The number of rotatable bonds is 7. The summed E-state index contributed by atoms with van der Waals surface area (Å²) in [6.07, 6.45) is 0. The largest absolute Gasteiger partial charge is 0.497 e. The SMILES string of the molecule is CCN(CC)CCNC(=O)Nc1ccc(OC)cc1. The van der Waals surface area contributed by atoms with Crippen LogP contribution in [0.1, 0.15) is 13.8 Å². The minimum Gasteiger partial charge on any atom is -0.497 e. The van der Waals surface area contributed by atoms with Crippen molar-refractivity contribution in [1.29, 1.82) is 0 Å². The van der Waals surface area contributed by atoms with Crippen LogP contribution in [0, 0.1) is 0 Å². The van der Waals surface area contributed by atoms with Gasteiger partial charge in [0.25, 0.3) is 0 Å². The van der Waals surface area contributed by atoms with Crippen molar-refractivity contribution in [3.63, 3.8) is 0 Å². The van der Waals surface area contributed by atoms with Crippen LogP contribution in [-0.2, 0) is 0 Å². The Hall–Kier alpha value is -1.75. The minimum atomic E-state index is -0.183. The fourth-order valence-corrected chi connectivity index (χ4v) is 1.72. The van der Waals surface area contributed by atoms with Crippen LogP contribution in [0.25, 0.3) is 0 Å². The smallest absolute Gasteiger partial charge is 0.319 e. The lowest BCUT2D eigenvalue weighted by Crippen LogP contribution is -2.36. The zero-order valence-corrected chi connectivity index (χ0v) is 11.9. The molecule has 0 atom stereocenters. The number of likely N-dealkylation sites (N-methyl/N-ethyl adjacent to an activating group) is 1. The Bertz CT molecular complexity index is 375. The summed E-state index contributed by atoms with van der Waals surface area (Å²) >= 11 is 0. The summed E-state index contributed by atoms with van der Waals surface area (Å²) in [5, 5.41) is 5.61. The molecule has 0 spiro atoms. The molecule has 0 saturated heterocycles. The number of benzene rings is 1. The van der Waals surface area contributed by atoms with Gasteiger partial charge in [-0.05, 0) is 37.4 Å². The first kappa shape index (κ1) is 15.3. The summed E-state index contributed by atoms with van der Waals surface area (Å²) in [6, 6.07) is 7.06. The molecule has 1 rings (SSSR count). The fourth-order valence-electron chi connectivity index (χ4n) is 1.72. The maximum absolute atomic E-state index is 11.7. The van der Waals surface area contributed by atoms with Crippen LogP contribution >= 0.6 is 0 Å². The van der Waals surface area contributed by atoms with Gasteiger partial charge in [-0.1, -0.05) is 13.8 Å². The zero-order chi connectivity index (χ0) is 14.1. The van der Waals surface area contributed by atoms with E-state index in [0.717, 1.165) is 31.1 Å². The van der Waals surface area contributed by atoms with Crippen LogP contribution in [0.3, 0.4) is 0 Å². The molecule has 19 heavy (non-hydrogen) atoms. The molecule has 2 N–H and O–H groups in total. The van der Waals surface area contributed by atoms with E-state index in [9.17, 15) is 4.79 Å². The second-order valence-corrected chi connectivity index (χ2v) is 4.14. The molecule has 2 amide bonds. The van der Waals surface area contributed by atoms with Crippen LogP contribution in [0.15, 0.2) is 24.3 Å². The van der Waals surface area contributed by atoms with Crippen molar-refractivity contribution in [2.24, 2.45) is 0 Å². The van der Waals surface area contributed by atoms with Crippen LogP contribution in [0.2, 0.25) is 0 Å². The molecule has 1 aromatic rings. The van der Waals surface area contributed by atoms with Crippen LogP contribution in [0.5, 0.6) is 5.75 Å². The van der Waals surface area contributed by atoms with E-state index in [2.05, 4.69) is 29.4 Å². The Morgan fingerprint density at radius 1 is 1.21 bits per heavy atom. The minimum absolute atomic E-state index is 0.183. The van der Waals surface area contributed by atoms with Crippen LogP contribution < -0.4 is 15.4 Å². The number of nitrogens with zero attached hydrogens (tertiary/aromatic N) is 1. The van der Waals surface area contributed by atoms with E-state index < -0.39 is 0 Å². The van der Waals surface area contributed by atoms with Crippen LogP contribution in [0.4, 0.5) is 10.5 Å². The molecule has 1 aromatic carbocycles. The Labute approximate surface area is 114 Å². The topological polar surface area (TPSA) is 53.6 Å². The number of carbonyl (C=O) groups excluding carboxylic acids is 1. The predicted octanol–water partition coefficient (Wildman–Crippen LogP) is 2.16. The predicted molar refractivity (Wildman–Crippen MR) is 77.8 cm³/mol. The average Bonchev–Trinajstić information content (AvgIpc) is 2.44. The summed E-state index contributed by atoms with van der Waals surface area (Å²) in [5.74, 6) is 0.771. The molecule has 0 aliphatic carbocycles. The van der Waals surface area contributed by atoms with Crippen molar-refractivity contribution in [1.82, 2.24) is 10.2 Å². The van der Waals surface area contributed by atoms with Gasteiger partial charge in [-0.3, -0.25) is 0 Å². The number of anilines is 1. The van der Waals surface area contributed by atoms with Crippen molar-refractivity contribution in [2.75, 3.05) is 38.6 Å². The average molecular weight is 265 g/mol. The molecule has 5 heteroatoms. The van der Waals surface area contributed by atoms with Crippen molar-refractivity contribution in [2.45, 2.75) is 13.8 Å². The zero-order valence-electron chi connectivity index (χ0n) is 11.9. The summed E-state index contributed by atoms with van der Waals surface area (Å²) in [4.78, 5) is 13.9. The number of amides is 2. The van der Waals surface area contributed by atoms with E-state index in [-0.39, 0.29) is 6.03 Å². The molecule has 0 bridgehead atoms. The monoisotopic (exact) mass is 265 g/mol. The fraction of sp³-hybridized carbons (Fsp3) is 0.500. The number of hydrogen-bond acceptors (Lipinski definition) is 3. The van der Waals surface area contributed by atoms with E-state index in [1.165, 1.54) is 0 Å². The third kappa shape index (κ3) is 5.61. The molecular weight excluding hydrogens is 242 g/mol. The highest BCUT2D eigenvalue weighted by molar-refractivity contribution is 5.89. The van der Waals surface area contributed by atoms with Crippen LogP contribution in [-0.4, -0.2) is 44.2 Å². The van der Waals surface area contributed by atoms with E-state index in [4.69, 9.17) is 4.74 Å². The molecule has 106 valence electrons. The summed E-state index contributed by atoms with van der Waals surface area (Å²) in [5.41, 5.74) is 0.751. The van der Waals surface area contributed by atoms with Gasteiger partial charge in [0.15, 0.2) is 0 Å². The Morgan fingerprint density at radius 2 is 1.84 bits per heavy atom. The standard InChI is InChI=1S/C14H23N3O2/c1-4-17(5-2)11-10-15-14(18)16-12-6-8-13(19-3)9-7-12/h6-9H,4-5,10-11H2,1-3H3,(H2,15,16,18). The highest BCUT2D eigenvalue weighted by atomic mass is 16.5. The highest BCUT2D eigenvalue weighted by Gasteiger charge is 2.03. The van der Waals surface area contributed by atoms with Gasteiger partial charge in [-0.15, -0.1) is 0 Å². The van der Waals surface area contributed by atoms with E-state index in [0.29, 0.717) is 6.54 Å². The van der Waals surface area contributed by atoms with Gasteiger partial charge < -0.3 is 20.3 Å². The molecule has 0 fully saturated rings. The number of carbonyl (C=O) groups is 1. The van der Waals surface area contributed by atoms with E-state index >= 15 is 0 Å². The normalized spacial score (nSPS) is 10.3. The maximum Gasteiger partial charge on any atom is 0.319 e. The van der Waals surface area contributed by atoms with Gasteiger partial charge >= 0.3 is 6.03 Å². The van der Waals surface area contributed by atoms with E-state index in [1.807, 2.05) is 24.3 Å². The second-order valence-electron chi connectivity index (χ2n) is 4.14. The maximum atomic E-state index is 11.7. The molecule has 0 aromatic heterocycles. The first-order valence-electron chi connectivity index (χ1n) is 6.60. The number of methoxy groups -OCH3 is 1. The molecule has 0 radical (unpaired) electrons. The molecule has 0 saturated carbocycles. The number of hydrogen-bond donors (Lipinski definition) is 2. The van der Waals surface area contributed by atoms with Crippen molar-refractivity contribution < 1.29 is 9.53 Å². The highest BCUT2D eigenvalue weighted by Crippen LogP contribution is 2.14. The Kier molecular flexibility index (Phi) is 6.74. The number of ether oxygens (including phenoxy) is 1. The molecular formula is C14H23N3O2. The quantitative estimate of drug-likeness (QED) is 0.794. The van der Waals surface area contributed by atoms with Gasteiger partial charge in [0.2, 0.25) is 0 Å². The molecule has 0 heterocycles. The molecule has 0 unspecified atom stereocenters. The second kappa shape index (κ2) is 8.37. The summed E-state index contributed by atoms with van der Waals surface area (Å²) in [6.45, 7) is 7.73. The Morgan fingerprint density at radius 3 is 2.37 bits per heavy atom. The van der Waals surface area contributed by atoms with Gasteiger partial charge in [0.05, 0.1) is 7.11 Å². The Balaban J connectivity index is 2.30. The van der Waals surface area contributed by atoms with Crippen molar-refractivity contribution >= 4 is 11.7 Å². The molecule has 5 nitrogen and oxygen atoms in total. The van der Waals surface area contributed by atoms with E-state index in [1.54, 1.807) is 7.11 Å². The molecule has 0 aliphatic rings. The van der Waals surface area contributed by atoms with Crippen molar-refractivity contribution in [3.8, 4) is 5.75 Å².